The minimum atomic E-state index is -5.08. The van der Waals surface area contributed by atoms with Crippen molar-refractivity contribution in [1.29, 1.82) is 0 Å². The summed E-state index contributed by atoms with van der Waals surface area (Å²) in [6.45, 7) is 11.6. The van der Waals surface area contributed by atoms with Crippen LogP contribution < -0.4 is 4.74 Å². The molecule has 1 unspecified atom stereocenters. The number of carbonyl (C=O) groups is 3. The van der Waals surface area contributed by atoms with Gasteiger partial charge < -0.3 is 29.1 Å². The maximum Gasteiger partial charge on any atom is 0.490 e. The van der Waals surface area contributed by atoms with Gasteiger partial charge in [-0.15, -0.1) is 0 Å². The summed E-state index contributed by atoms with van der Waals surface area (Å²) in [5.41, 5.74) is 2.39. The molecule has 10 nitrogen and oxygen atoms in total. The summed E-state index contributed by atoms with van der Waals surface area (Å²) in [7, 11) is 1.66. The first-order chi connectivity index (χ1) is 23.8. The lowest BCUT2D eigenvalue weighted by Crippen LogP contribution is -2.56. The van der Waals surface area contributed by atoms with Crippen LogP contribution in [0.15, 0.2) is 12.1 Å². The van der Waals surface area contributed by atoms with Crippen LogP contribution in [-0.4, -0.2) is 115 Å². The van der Waals surface area contributed by atoms with E-state index in [0.717, 1.165) is 100 Å². The predicted octanol–water partition coefficient (Wildman–Crippen LogP) is 6.99. The number of methoxy groups -OCH3 is 1. The number of amides is 2. The van der Waals surface area contributed by atoms with Crippen molar-refractivity contribution < 1.29 is 46.9 Å². The summed E-state index contributed by atoms with van der Waals surface area (Å²) in [6, 6.07) is 4.62. The number of unbranched alkanes of at least 4 members (excludes halogenated alkanes) is 1. The average molecular weight is 712 g/mol. The van der Waals surface area contributed by atoms with Crippen molar-refractivity contribution in [3.05, 3.63) is 28.8 Å². The van der Waals surface area contributed by atoms with Gasteiger partial charge in [-0.3, -0.25) is 9.69 Å². The Hall–Kier alpha value is -3.06. The largest absolute Gasteiger partial charge is 0.491 e. The molecule has 1 aliphatic carbocycles. The van der Waals surface area contributed by atoms with E-state index in [9.17, 15) is 22.8 Å². The highest BCUT2D eigenvalue weighted by Crippen LogP contribution is 2.43. The zero-order valence-corrected chi connectivity index (χ0v) is 30.2. The fourth-order valence-electron chi connectivity index (χ4n) is 8.26. The summed E-state index contributed by atoms with van der Waals surface area (Å²) in [5, 5.41) is 7.12. The lowest BCUT2D eigenvalue weighted by atomic mass is 9.80. The number of piperidine rings is 2. The third-order valence-electron chi connectivity index (χ3n) is 11.0. The van der Waals surface area contributed by atoms with Crippen LogP contribution in [-0.2, 0) is 14.3 Å². The van der Waals surface area contributed by atoms with E-state index in [1.807, 2.05) is 30.9 Å². The number of aryl methyl sites for hydroxylation is 2. The third kappa shape index (κ3) is 10.0. The van der Waals surface area contributed by atoms with Crippen molar-refractivity contribution in [2.75, 3.05) is 53.0 Å². The number of likely N-dealkylation sites (tertiary alicyclic amines) is 2. The zero-order valence-electron chi connectivity index (χ0n) is 30.2. The number of aliphatic carboxylic acids is 1. The van der Waals surface area contributed by atoms with E-state index in [2.05, 4.69) is 16.7 Å². The predicted molar refractivity (Wildman–Crippen MR) is 183 cm³/mol. The van der Waals surface area contributed by atoms with Gasteiger partial charge in [0.25, 0.3) is 5.91 Å². The Bertz CT molecular complexity index is 1260. The van der Waals surface area contributed by atoms with E-state index in [1.54, 1.807) is 7.11 Å². The highest BCUT2D eigenvalue weighted by molar-refractivity contribution is 5.97. The van der Waals surface area contributed by atoms with Gasteiger partial charge in [-0.2, -0.15) is 13.2 Å². The van der Waals surface area contributed by atoms with E-state index in [-0.39, 0.29) is 23.6 Å². The van der Waals surface area contributed by atoms with Crippen LogP contribution in [0, 0.1) is 19.8 Å². The number of alkyl halides is 3. The summed E-state index contributed by atoms with van der Waals surface area (Å²) in [6.07, 6.45) is 8.45. The normalized spacial score (nSPS) is 21.9. The molecule has 3 saturated heterocycles. The Balaban J connectivity index is 0.000000727. The number of hydrogen-bond acceptors (Lipinski definition) is 7. The highest BCUT2D eigenvalue weighted by atomic mass is 19.4. The lowest BCUT2D eigenvalue weighted by Gasteiger charge is -2.46. The molecular weight excluding hydrogens is 655 g/mol. The smallest absolute Gasteiger partial charge is 0.490 e. The van der Waals surface area contributed by atoms with Crippen LogP contribution in [0.4, 0.5) is 18.0 Å². The van der Waals surface area contributed by atoms with Crippen LogP contribution in [0.3, 0.4) is 0 Å². The van der Waals surface area contributed by atoms with Crippen LogP contribution in [0.2, 0.25) is 0 Å². The lowest BCUT2D eigenvalue weighted by molar-refractivity contribution is -0.192. The fraction of sp³-hybridized carbons (Fsp3) is 0.757. The molecule has 4 fully saturated rings. The number of hydrogen-bond donors (Lipinski definition) is 1. The highest BCUT2D eigenvalue weighted by Gasteiger charge is 2.55. The zero-order chi connectivity index (χ0) is 36.5. The number of rotatable bonds is 11. The van der Waals surface area contributed by atoms with Crippen LogP contribution in [0.1, 0.15) is 105 Å². The molecule has 50 heavy (non-hydrogen) atoms. The molecule has 13 heteroatoms. The van der Waals surface area contributed by atoms with Gasteiger partial charge in [-0.05, 0) is 75.1 Å². The molecule has 5 rings (SSSR count). The second-order valence-electron chi connectivity index (χ2n) is 14.4. The Morgan fingerprint density at radius 3 is 2.12 bits per heavy atom. The molecule has 1 atom stereocenters. The van der Waals surface area contributed by atoms with Gasteiger partial charge in [0, 0.05) is 64.3 Å². The molecule has 1 aromatic carbocycles. The van der Waals surface area contributed by atoms with E-state index in [4.69, 9.17) is 24.1 Å². The van der Waals surface area contributed by atoms with Gasteiger partial charge in [0.15, 0.2) is 0 Å². The Morgan fingerprint density at radius 2 is 1.58 bits per heavy atom. The van der Waals surface area contributed by atoms with Gasteiger partial charge >= 0.3 is 18.2 Å². The number of ether oxygens (including phenoxy) is 3. The molecule has 1 saturated carbocycles. The second-order valence-corrected chi connectivity index (χ2v) is 14.4. The van der Waals surface area contributed by atoms with E-state index in [0.29, 0.717) is 25.2 Å². The first-order valence-corrected chi connectivity index (χ1v) is 18.4. The van der Waals surface area contributed by atoms with E-state index in [1.165, 1.54) is 32.1 Å². The molecular formula is C37H56F3N3O7. The summed E-state index contributed by atoms with van der Waals surface area (Å²) >= 11 is 0. The van der Waals surface area contributed by atoms with Crippen LogP contribution in [0.25, 0.3) is 0 Å². The summed E-state index contributed by atoms with van der Waals surface area (Å²) < 4.78 is 48.9. The Labute approximate surface area is 294 Å². The van der Waals surface area contributed by atoms with E-state index >= 15 is 0 Å². The number of carboxylic acids is 1. The summed E-state index contributed by atoms with van der Waals surface area (Å²) in [5.74, 6) is -1.21. The number of benzene rings is 1. The Morgan fingerprint density at radius 1 is 0.980 bits per heavy atom. The van der Waals surface area contributed by atoms with Crippen molar-refractivity contribution in [2.24, 2.45) is 5.92 Å². The van der Waals surface area contributed by atoms with Crippen molar-refractivity contribution in [3.8, 4) is 5.75 Å². The Kier molecular flexibility index (Phi) is 14.2. The molecule has 0 bridgehead atoms. The average Bonchev–Trinajstić information content (AvgIpc) is 3.32. The minimum Gasteiger partial charge on any atom is -0.491 e. The van der Waals surface area contributed by atoms with Crippen molar-refractivity contribution in [1.82, 2.24) is 14.7 Å². The van der Waals surface area contributed by atoms with Crippen LogP contribution in [0.5, 0.6) is 5.75 Å². The molecule has 1 spiro atoms. The summed E-state index contributed by atoms with van der Waals surface area (Å²) in [4.78, 5) is 42.5. The van der Waals surface area contributed by atoms with Gasteiger partial charge in [0.1, 0.15) is 18.0 Å². The van der Waals surface area contributed by atoms with Crippen molar-refractivity contribution in [3.63, 3.8) is 0 Å². The molecule has 3 aliphatic heterocycles. The third-order valence-corrected chi connectivity index (χ3v) is 11.0. The van der Waals surface area contributed by atoms with Gasteiger partial charge in [-0.1, -0.05) is 39.0 Å². The molecule has 0 aromatic heterocycles. The van der Waals surface area contributed by atoms with Crippen molar-refractivity contribution in [2.45, 2.75) is 122 Å². The number of carboxylic acid groups (broad SMARTS) is 1. The standard InChI is InChI=1S/C35H55N3O5.C2HF3O2/c1-5-6-12-31-35(43-34(40)38(31)25-28-10-8-7-9-11-28)15-19-36(20-16-35)29-13-17-37(18-14-29)33(39)32-26(2)23-30(24-27(32)3)42-22-21-41-4;3-2(4,5)1(6)7/h23-24,28-29,31H,5-22,25H2,1-4H3;(H,6,7). The monoisotopic (exact) mass is 711 g/mol. The molecule has 1 N–H and O–H groups in total. The molecule has 2 amide bonds. The number of nitrogens with zero attached hydrogens (tertiary/aromatic N) is 3. The van der Waals surface area contributed by atoms with E-state index < -0.39 is 12.1 Å². The fourth-order valence-corrected chi connectivity index (χ4v) is 8.26. The molecule has 0 radical (unpaired) electrons. The first kappa shape index (κ1) is 39.7. The number of halogens is 3. The molecule has 3 heterocycles. The molecule has 282 valence electrons. The van der Waals surface area contributed by atoms with Gasteiger partial charge in [0.05, 0.1) is 12.6 Å². The van der Waals surface area contributed by atoms with Gasteiger partial charge in [-0.25, -0.2) is 9.59 Å². The maximum absolute atomic E-state index is 13.6. The SMILES string of the molecule is CCCCC1N(CC2CCCCC2)C(=O)OC12CCN(C1CCN(C(=O)c3c(C)cc(OCCOC)cc3C)CC1)CC2.O=C(O)C(F)(F)F. The van der Waals surface area contributed by atoms with Crippen molar-refractivity contribution >= 4 is 18.0 Å². The van der Waals surface area contributed by atoms with Gasteiger partial charge in [0.2, 0.25) is 0 Å². The second kappa shape index (κ2) is 17.9. The van der Waals surface area contributed by atoms with Crippen LogP contribution >= 0.6 is 0 Å². The topological polar surface area (TPSA) is 109 Å². The maximum atomic E-state index is 13.6. The molecule has 1 aromatic rings. The minimum absolute atomic E-state index is 0.0629. The quantitative estimate of drug-likeness (QED) is 0.245. The number of carbonyl (C=O) groups excluding carboxylic acids is 2. The first-order valence-electron chi connectivity index (χ1n) is 18.4. The molecule has 4 aliphatic rings.